The molecule has 27 nitrogen and oxygen atoms in total. The Labute approximate surface area is 435 Å². The van der Waals surface area contributed by atoms with E-state index in [4.69, 9.17) is 51.8 Å². The van der Waals surface area contributed by atoms with Gasteiger partial charge in [-0.25, -0.2) is 4.79 Å². The summed E-state index contributed by atoms with van der Waals surface area (Å²) in [5.41, 5.74) is -0.984. The Morgan fingerprint density at radius 3 is 1.84 bits per heavy atom. The van der Waals surface area contributed by atoms with Crippen molar-refractivity contribution in [3.63, 3.8) is 0 Å². The number of aromatic hydroxyl groups is 3. The third-order valence-corrected chi connectivity index (χ3v) is 13.1. The van der Waals surface area contributed by atoms with Gasteiger partial charge in [0.05, 0.1) is 25.4 Å². The molecule has 0 aliphatic carbocycles. The van der Waals surface area contributed by atoms with Crippen molar-refractivity contribution in [2.75, 3.05) is 13.2 Å². The zero-order valence-electron chi connectivity index (χ0n) is 40.9. The van der Waals surface area contributed by atoms with Crippen LogP contribution in [-0.4, -0.2) is 214 Å². The Morgan fingerprint density at radius 2 is 1.19 bits per heavy atom. The average molecular weight is 1090 g/mol. The molecule has 0 amide bonds. The predicted octanol–water partition coefficient (Wildman–Crippen LogP) is -2.53. The first kappa shape index (κ1) is 57.1. The average Bonchev–Trinajstić information content (AvgIpc) is 3.39. The fourth-order valence-electron chi connectivity index (χ4n) is 8.94. The van der Waals surface area contributed by atoms with E-state index in [1.54, 1.807) is 0 Å². The number of hydrogen-bond donors (Lipinski definition) is 13. The molecule has 27 heteroatoms. The molecule has 77 heavy (non-hydrogen) atoms. The van der Waals surface area contributed by atoms with Crippen LogP contribution in [0.5, 0.6) is 28.7 Å². The molecule has 0 radical (unpaired) electrons. The SMILES string of the molecule is CC(=O)O[C@@H]1[C@@H](O)[C@@H](O)[C@H](Oc2cc(O)c3c(=O)c(O[C@@H]4O[C@H](CO[C@@H]5O[C@@H](C)[C@H](O)[C@@H](O[C@@H]6O[C@H](CO)[C@@H](O)[C@H](O)[C@H]6O)[C@H]5OC(=O)C=Cc5ccc(O)cc5)[C@@H](O)[C@H](O)[C@H]4O)c(-c4ccc(O)cc4)oc3c2)O[C@H]1C. The first-order valence-corrected chi connectivity index (χ1v) is 24.0. The lowest BCUT2D eigenvalue weighted by Gasteiger charge is -2.47. The number of phenols is 3. The molecular formula is C50H58O27. The van der Waals surface area contributed by atoms with E-state index < -0.39 is 176 Å². The minimum atomic E-state index is -2.14. The molecule has 0 unspecified atom stereocenters. The molecule has 4 saturated heterocycles. The predicted molar refractivity (Wildman–Crippen MR) is 253 cm³/mol. The Balaban J connectivity index is 1.07. The third kappa shape index (κ3) is 12.3. The van der Waals surface area contributed by atoms with Gasteiger partial charge in [0.25, 0.3) is 0 Å². The Bertz CT molecular complexity index is 2770. The van der Waals surface area contributed by atoms with Crippen molar-refractivity contribution in [3.8, 4) is 40.1 Å². The maximum absolute atomic E-state index is 14.5. The van der Waals surface area contributed by atoms with E-state index in [0.717, 1.165) is 25.1 Å². The van der Waals surface area contributed by atoms with E-state index in [1.807, 2.05) is 0 Å². The van der Waals surface area contributed by atoms with E-state index in [2.05, 4.69) is 0 Å². The molecule has 4 fully saturated rings. The van der Waals surface area contributed by atoms with Crippen molar-refractivity contribution >= 4 is 29.0 Å². The number of benzene rings is 3. The summed E-state index contributed by atoms with van der Waals surface area (Å²) < 4.78 is 63.5. The quantitative estimate of drug-likeness (QED) is 0.0431. The Morgan fingerprint density at radius 1 is 0.610 bits per heavy atom. The maximum atomic E-state index is 14.5. The summed E-state index contributed by atoms with van der Waals surface area (Å²) in [6, 6.07) is 12.8. The van der Waals surface area contributed by atoms with Gasteiger partial charge in [-0.1, -0.05) is 12.1 Å². The van der Waals surface area contributed by atoms with Crippen LogP contribution in [0.1, 0.15) is 26.3 Å². The zero-order valence-corrected chi connectivity index (χ0v) is 40.9. The number of aliphatic hydroxyl groups is 10. The number of esters is 2. The van der Waals surface area contributed by atoms with Crippen LogP contribution in [0.4, 0.5) is 0 Å². The fraction of sp³-hybridized carbons (Fsp3) is 0.500. The van der Waals surface area contributed by atoms with Crippen molar-refractivity contribution in [2.45, 2.75) is 144 Å². The van der Waals surface area contributed by atoms with Gasteiger partial charge in [-0.2, -0.15) is 0 Å². The molecule has 1 aromatic heterocycles. The Kier molecular flexibility index (Phi) is 17.7. The molecule has 4 aliphatic heterocycles. The van der Waals surface area contributed by atoms with Gasteiger partial charge >= 0.3 is 11.9 Å². The van der Waals surface area contributed by atoms with E-state index in [0.29, 0.717) is 5.56 Å². The topological polar surface area (TPSA) is 420 Å². The molecule has 4 aliphatic rings. The fourth-order valence-corrected chi connectivity index (χ4v) is 8.94. The van der Waals surface area contributed by atoms with Gasteiger partial charge in [-0.3, -0.25) is 9.59 Å². The van der Waals surface area contributed by atoms with Crippen LogP contribution in [-0.2, 0) is 47.5 Å². The maximum Gasteiger partial charge on any atom is 0.331 e. The number of aliphatic hydroxyl groups excluding tert-OH is 10. The second-order valence-corrected chi connectivity index (χ2v) is 18.6. The van der Waals surface area contributed by atoms with Crippen LogP contribution in [0, 0.1) is 0 Å². The molecule has 5 heterocycles. The number of fused-ring (bicyclic) bond motifs is 1. The molecule has 13 N–H and O–H groups in total. The summed E-state index contributed by atoms with van der Waals surface area (Å²) in [4.78, 5) is 39.5. The lowest BCUT2D eigenvalue weighted by Crippen LogP contribution is -2.65. The van der Waals surface area contributed by atoms with Crippen molar-refractivity contribution in [1.29, 1.82) is 0 Å². The van der Waals surface area contributed by atoms with Gasteiger partial charge in [-0.15, -0.1) is 0 Å². The highest BCUT2D eigenvalue weighted by Gasteiger charge is 2.53. The van der Waals surface area contributed by atoms with Crippen LogP contribution in [0.25, 0.3) is 28.4 Å². The standard InChI is InChI=1S/C50H58O27/c1-18-32(57)44(76-48-39(64)36(61)33(58)28(16-51)73-48)46(75-30(56)13-6-21-4-9-23(53)10-5-21)50(68-18)67-17-29-34(59)37(62)40(65)49(74-29)77-45-35(60)31-26(55)14-25(15-27(31)72-43(45)22-7-11-24(54)12-8-22)71-47-41(66)38(63)42(19(2)69-47)70-20(3)52/h4-15,18-19,28-29,32-34,36-42,44,46-51,53-55,57-59,61-66H,16-17H2,1-3H3/t18-,19-,28+,29+,32-,33+,34+,36-,37-,38-,39+,40+,41+,42-,44+,46+,47-,48-,49-,50+/m0/s1. The second-order valence-electron chi connectivity index (χ2n) is 18.6. The van der Waals surface area contributed by atoms with Crippen molar-refractivity contribution in [1.82, 2.24) is 0 Å². The van der Waals surface area contributed by atoms with Gasteiger partial charge in [0.2, 0.25) is 23.8 Å². The van der Waals surface area contributed by atoms with E-state index in [1.165, 1.54) is 68.5 Å². The van der Waals surface area contributed by atoms with Crippen LogP contribution in [0.3, 0.4) is 0 Å². The second kappa shape index (κ2) is 23.9. The molecule has 420 valence electrons. The van der Waals surface area contributed by atoms with Crippen molar-refractivity contribution < 1.29 is 128 Å². The summed E-state index contributed by atoms with van der Waals surface area (Å²) in [5.74, 6) is -4.33. The van der Waals surface area contributed by atoms with E-state index >= 15 is 0 Å². The summed E-state index contributed by atoms with van der Waals surface area (Å²) in [7, 11) is 0. The van der Waals surface area contributed by atoms with Crippen LogP contribution in [0.15, 0.2) is 76.0 Å². The minimum Gasteiger partial charge on any atom is -0.508 e. The minimum absolute atomic E-state index is 0.0533. The molecule has 20 atom stereocenters. The molecule has 4 aromatic rings. The molecule has 8 rings (SSSR count). The zero-order chi connectivity index (χ0) is 55.7. The highest BCUT2D eigenvalue weighted by molar-refractivity contribution is 5.88. The van der Waals surface area contributed by atoms with Crippen LogP contribution >= 0.6 is 0 Å². The van der Waals surface area contributed by atoms with Crippen molar-refractivity contribution in [3.05, 3.63) is 82.5 Å². The van der Waals surface area contributed by atoms with Gasteiger partial charge in [0.15, 0.2) is 30.5 Å². The summed E-state index contributed by atoms with van der Waals surface area (Å²) in [5, 5.41) is 139. The number of hydrogen-bond acceptors (Lipinski definition) is 27. The van der Waals surface area contributed by atoms with Crippen molar-refractivity contribution in [2.24, 2.45) is 0 Å². The lowest BCUT2D eigenvalue weighted by molar-refractivity contribution is -0.361. The van der Waals surface area contributed by atoms with Crippen LogP contribution < -0.4 is 14.9 Å². The first-order chi connectivity index (χ1) is 36.5. The number of phenolic OH excluding ortho intramolecular Hbond substituents is 3. The van der Waals surface area contributed by atoms with Gasteiger partial charge in [0, 0.05) is 30.7 Å². The molecule has 0 saturated carbocycles. The third-order valence-electron chi connectivity index (χ3n) is 13.1. The lowest BCUT2D eigenvalue weighted by atomic mass is 9.97. The highest BCUT2D eigenvalue weighted by Crippen LogP contribution is 2.40. The monoisotopic (exact) mass is 1090 g/mol. The Hall–Kier alpha value is -6.09. The normalized spacial score (nSPS) is 35.6. The molecule has 0 bridgehead atoms. The summed E-state index contributed by atoms with van der Waals surface area (Å²) >= 11 is 0. The molecular weight excluding hydrogens is 1030 g/mol. The largest absolute Gasteiger partial charge is 0.508 e. The molecule has 3 aromatic carbocycles. The summed E-state index contributed by atoms with van der Waals surface area (Å²) in [6.45, 7) is 2.22. The number of carbonyl (C=O) groups is 2. The number of ether oxygens (including phenoxy) is 10. The van der Waals surface area contributed by atoms with E-state index in [-0.39, 0.29) is 28.4 Å². The van der Waals surface area contributed by atoms with Gasteiger partial charge < -0.3 is 118 Å². The first-order valence-electron chi connectivity index (χ1n) is 24.0. The van der Waals surface area contributed by atoms with Gasteiger partial charge in [-0.05, 0) is 61.9 Å². The number of carbonyl (C=O) groups excluding carboxylic acids is 2. The van der Waals surface area contributed by atoms with Crippen LogP contribution in [0.2, 0.25) is 0 Å². The number of rotatable bonds is 15. The molecule has 0 spiro atoms. The highest BCUT2D eigenvalue weighted by atomic mass is 16.8. The smallest absolute Gasteiger partial charge is 0.331 e. The van der Waals surface area contributed by atoms with Gasteiger partial charge in [0.1, 0.15) is 107 Å². The summed E-state index contributed by atoms with van der Waals surface area (Å²) in [6.07, 6.45) is -32.5. The van der Waals surface area contributed by atoms with E-state index in [9.17, 15) is 80.8 Å².